The fourth-order valence-electron chi connectivity index (χ4n) is 3.77. The molecule has 1 N–H and O–H groups in total. The molecule has 0 aromatic heterocycles. The Labute approximate surface area is 229 Å². The summed E-state index contributed by atoms with van der Waals surface area (Å²) in [6.45, 7) is 1.63. The summed E-state index contributed by atoms with van der Waals surface area (Å²) < 4.78 is 31.4. The summed E-state index contributed by atoms with van der Waals surface area (Å²) in [6.07, 6.45) is 1.07. The second kappa shape index (κ2) is 13.4. The zero-order chi connectivity index (χ0) is 27.7. The number of carbonyl (C=O) groups is 2. The molecule has 0 saturated carbocycles. The number of hydrogen-bond acceptors (Lipinski definition) is 5. The molecule has 202 valence electrons. The van der Waals surface area contributed by atoms with E-state index in [1.165, 1.54) is 4.90 Å². The molecule has 0 radical (unpaired) electrons. The molecule has 0 aliphatic rings. The SMILES string of the molecule is COc1ccc(CN(C(=O)CN(Cc2ccccc2)S(C)(=O)=O)[C@H](C)C(=O)NCc2ccc(Cl)cc2)cc1. The summed E-state index contributed by atoms with van der Waals surface area (Å²) in [5, 5.41) is 3.45. The van der Waals surface area contributed by atoms with Gasteiger partial charge in [-0.15, -0.1) is 0 Å². The number of methoxy groups -OCH3 is 1. The third-order valence-electron chi connectivity index (χ3n) is 6.04. The van der Waals surface area contributed by atoms with Crippen molar-refractivity contribution in [2.24, 2.45) is 0 Å². The average molecular weight is 558 g/mol. The number of carbonyl (C=O) groups excluding carboxylic acids is 2. The number of halogens is 1. The molecule has 0 bridgehead atoms. The second-order valence-corrected chi connectivity index (χ2v) is 11.3. The van der Waals surface area contributed by atoms with Gasteiger partial charge in [-0.05, 0) is 47.9 Å². The minimum atomic E-state index is -3.71. The molecule has 0 unspecified atom stereocenters. The molecule has 0 aliphatic carbocycles. The van der Waals surface area contributed by atoms with Gasteiger partial charge in [0.15, 0.2) is 0 Å². The fourth-order valence-corrected chi connectivity index (χ4v) is 4.62. The van der Waals surface area contributed by atoms with Crippen LogP contribution in [0, 0.1) is 0 Å². The van der Waals surface area contributed by atoms with E-state index in [0.717, 1.165) is 27.3 Å². The number of hydrogen-bond donors (Lipinski definition) is 1. The lowest BCUT2D eigenvalue weighted by atomic mass is 10.1. The number of ether oxygens (including phenoxy) is 1. The smallest absolute Gasteiger partial charge is 0.242 e. The molecule has 3 aromatic rings. The van der Waals surface area contributed by atoms with Crippen LogP contribution < -0.4 is 10.1 Å². The van der Waals surface area contributed by atoms with Crippen molar-refractivity contribution in [1.29, 1.82) is 0 Å². The standard InChI is InChI=1S/C28H32ClN3O5S/c1-21(28(34)30-17-22-9-13-25(29)14-10-22)32(19-24-11-15-26(37-2)16-12-24)27(33)20-31(38(3,35)36)18-23-7-5-4-6-8-23/h4-16,21H,17-20H2,1-3H3,(H,30,34)/t21-/m1/s1. The number of nitrogens with zero attached hydrogens (tertiary/aromatic N) is 2. The highest BCUT2D eigenvalue weighted by molar-refractivity contribution is 7.88. The van der Waals surface area contributed by atoms with Crippen LogP contribution in [0.4, 0.5) is 0 Å². The van der Waals surface area contributed by atoms with Gasteiger partial charge in [0.1, 0.15) is 11.8 Å². The maximum Gasteiger partial charge on any atom is 0.242 e. The number of benzene rings is 3. The molecular formula is C28H32ClN3O5S. The Hall–Kier alpha value is -3.40. The molecule has 2 amide bonds. The van der Waals surface area contributed by atoms with Gasteiger partial charge in [-0.2, -0.15) is 4.31 Å². The van der Waals surface area contributed by atoms with Crippen molar-refractivity contribution < 1.29 is 22.7 Å². The van der Waals surface area contributed by atoms with Gasteiger partial charge in [0.05, 0.1) is 19.9 Å². The summed E-state index contributed by atoms with van der Waals surface area (Å²) in [4.78, 5) is 28.1. The van der Waals surface area contributed by atoms with Crippen LogP contribution >= 0.6 is 11.6 Å². The topological polar surface area (TPSA) is 96.0 Å². The quantitative estimate of drug-likeness (QED) is 0.365. The van der Waals surface area contributed by atoms with E-state index in [4.69, 9.17) is 16.3 Å². The maximum atomic E-state index is 13.6. The molecule has 8 nitrogen and oxygen atoms in total. The van der Waals surface area contributed by atoms with E-state index < -0.39 is 28.5 Å². The molecule has 3 aromatic carbocycles. The van der Waals surface area contributed by atoms with Gasteiger partial charge in [0.2, 0.25) is 21.8 Å². The first-order valence-electron chi connectivity index (χ1n) is 12.0. The van der Waals surface area contributed by atoms with E-state index in [0.29, 0.717) is 10.8 Å². The Morgan fingerprint density at radius 1 is 0.895 bits per heavy atom. The van der Waals surface area contributed by atoms with E-state index in [2.05, 4.69) is 5.32 Å². The Morgan fingerprint density at radius 3 is 2.05 bits per heavy atom. The first kappa shape index (κ1) is 29.2. The maximum absolute atomic E-state index is 13.6. The molecule has 3 rings (SSSR count). The highest BCUT2D eigenvalue weighted by Gasteiger charge is 2.30. The summed E-state index contributed by atoms with van der Waals surface area (Å²) in [7, 11) is -2.15. The fraction of sp³-hybridized carbons (Fsp3) is 0.286. The van der Waals surface area contributed by atoms with Gasteiger partial charge in [-0.1, -0.05) is 66.2 Å². The molecule has 1 atom stereocenters. The highest BCUT2D eigenvalue weighted by atomic mass is 35.5. The lowest BCUT2D eigenvalue weighted by Gasteiger charge is -2.31. The Kier molecular flexibility index (Phi) is 10.3. The number of sulfonamides is 1. The lowest BCUT2D eigenvalue weighted by molar-refractivity contribution is -0.140. The third-order valence-corrected chi connectivity index (χ3v) is 7.49. The van der Waals surface area contributed by atoms with Gasteiger partial charge in [-0.3, -0.25) is 9.59 Å². The van der Waals surface area contributed by atoms with Crippen molar-refractivity contribution in [2.45, 2.75) is 32.6 Å². The van der Waals surface area contributed by atoms with Crippen molar-refractivity contribution in [1.82, 2.24) is 14.5 Å². The van der Waals surface area contributed by atoms with Crippen molar-refractivity contribution in [3.8, 4) is 5.75 Å². The van der Waals surface area contributed by atoms with Gasteiger partial charge >= 0.3 is 0 Å². The van der Waals surface area contributed by atoms with Crippen molar-refractivity contribution in [2.75, 3.05) is 19.9 Å². The minimum absolute atomic E-state index is 0.0406. The second-order valence-electron chi connectivity index (χ2n) is 8.91. The highest BCUT2D eigenvalue weighted by Crippen LogP contribution is 2.17. The van der Waals surface area contributed by atoms with E-state index in [1.807, 2.05) is 6.07 Å². The van der Waals surface area contributed by atoms with Crippen molar-refractivity contribution in [3.05, 3.63) is 101 Å². The van der Waals surface area contributed by atoms with E-state index in [-0.39, 0.29) is 25.5 Å². The molecule has 0 saturated heterocycles. The van der Waals surface area contributed by atoms with Crippen molar-refractivity contribution in [3.63, 3.8) is 0 Å². The number of amides is 2. The van der Waals surface area contributed by atoms with E-state index >= 15 is 0 Å². The number of rotatable bonds is 12. The van der Waals surface area contributed by atoms with Crippen LogP contribution in [0.25, 0.3) is 0 Å². The first-order valence-corrected chi connectivity index (χ1v) is 14.2. The molecule has 0 aliphatic heterocycles. The normalized spacial score (nSPS) is 12.1. The average Bonchev–Trinajstić information content (AvgIpc) is 2.90. The third kappa shape index (κ3) is 8.58. The predicted octanol–water partition coefficient (Wildman–Crippen LogP) is 3.84. The monoisotopic (exact) mass is 557 g/mol. The van der Waals surface area contributed by atoms with Gasteiger partial charge in [0, 0.05) is 24.7 Å². The zero-order valence-corrected chi connectivity index (χ0v) is 23.2. The van der Waals surface area contributed by atoms with Crippen LogP contribution in [0.15, 0.2) is 78.9 Å². The van der Waals surface area contributed by atoms with Crippen LogP contribution in [0.3, 0.4) is 0 Å². The molecule has 10 heteroatoms. The van der Waals surface area contributed by atoms with Crippen LogP contribution in [0.1, 0.15) is 23.6 Å². The summed E-state index contributed by atoms with van der Waals surface area (Å²) in [6, 6.07) is 22.4. The summed E-state index contributed by atoms with van der Waals surface area (Å²) in [5.74, 6) is -0.196. The molecule has 0 spiro atoms. The molecule has 0 fully saturated rings. The zero-order valence-electron chi connectivity index (χ0n) is 21.6. The van der Waals surface area contributed by atoms with Crippen molar-refractivity contribution >= 4 is 33.4 Å². The Morgan fingerprint density at radius 2 is 1.47 bits per heavy atom. The first-order chi connectivity index (χ1) is 18.1. The molecule has 38 heavy (non-hydrogen) atoms. The van der Waals surface area contributed by atoms with E-state index in [1.54, 1.807) is 86.8 Å². The summed E-state index contributed by atoms with van der Waals surface area (Å²) in [5.41, 5.74) is 2.38. The largest absolute Gasteiger partial charge is 0.497 e. The van der Waals surface area contributed by atoms with Gasteiger partial charge in [-0.25, -0.2) is 8.42 Å². The lowest BCUT2D eigenvalue weighted by Crippen LogP contribution is -2.50. The summed E-state index contributed by atoms with van der Waals surface area (Å²) >= 11 is 5.94. The van der Waals surface area contributed by atoms with Crippen LogP contribution in [0.2, 0.25) is 5.02 Å². The predicted molar refractivity (Wildman–Crippen MR) is 148 cm³/mol. The van der Waals surface area contributed by atoms with Gasteiger partial charge in [0.25, 0.3) is 0 Å². The Bertz CT molecular complexity index is 1320. The minimum Gasteiger partial charge on any atom is -0.497 e. The van der Waals surface area contributed by atoms with Crippen LogP contribution in [-0.4, -0.2) is 55.4 Å². The van der Waals surface area contributed by atoms with E-state index in [9.17, 15) is 18.0 Å². The molecule has 0 heterocycles. The Balaban J connectivity index is 1.81. The van der Waals surface area contributed by atoms with Crippen LogP contribution in [0.5, 0.6) is 5.75 Å². The van der Waals surface area contributed by atoms with Gasteiger partial charge < -0.3 is 15.0 Å². The van der Waals surface area contributed by atoms with Crippen LogP contribution in [-0.2, 0) is 39.2 Å². The molecular weight excluding hydrogens is 526 g/mol. The number of nitrogens with one attached hydrogen (secondary N) is 1.